The topological polar surface area (TPSA) is 129 Å². The molecule has 244 valence electrons. The van der Waals surface area contributed by atoms with Gasteiger partial charge in [0.1, 0.15) is 17.3 Å². The maximum atomic E-state index is 15.4. The van der Waals surface area contributed by atoms with Crippen molar-refractivity contribution < 1.29 is 14.7 Å². The highest BCUT2D eigenvalue weighted by Crippen LogP contribution is 2.31. The normalized spacial score (nSPS) is 15.7. The number of halogens is 1. The molecule has 0 bridgehead atoms. The first-order valence-electron chi connectivity index (χ1n) is 15.5. The lowest BCUT2D eigenvalue weighted by Gasteiger charge is -2.38. The molecule has 12 heteroatoms. The number of hydrogen-bond donors (Lipinski definition) is 3. The van der Waals surface area contributed by atoms with Gasteiger partial charge in [-0.05, 0) is 59.9 Å². The molecule has 1 aliphatic heterocycles. The predicted molar refractivity (Wildman–Crippen MR) is 180 cm³/mol. The number of pyridine rings is 2. The summed E-state index contributed by atoms with van der Waals surface area (Å²) in [5.74, 6) is -0.163. The third kappa shape index (κ3) is 6.14. The smallest absolute Gasteiger partial charge is 0.282 e. The molecule has 0 spiro atoms. The Morgan fingerprint density at radius 1 is 1.04 bits per heavy atom. The third-order valence-corrected chi connectivity index (χ3v) is 8.69. The summed E-state index contributed by atoms with van der Waals surface area (Å²) in [6, 6.07) is 13.8. The van der Waals surface area contributed by atoms with Crippen LogP contribution in [0.3, 0.4) is 0 Å². The summed E-state index contributed by atoms with van der Waals surface area (Å²) in [6.07, 6.45) is 4.84. The fourth-order valence-corrected chi connectivity index (χ4v) is 6.09. The molecule has 1 unspecified atom stereocenters. The van der Waals surface area contributed by atoms with Gasteiger partial charge in [-0.2, -0.15) is 14.8 Å². The van der Waals surface area contributed by atoms with Gasteiger partial charge < -0.3 is 25.1 Å². The average molecular weight is 640 g/mol. The van der Waals surface area contributed by atoms with Crippen LogP contribution in [-0.4, -0.2) is 60.4 Å². The van der Waals surface area contributed by atoms with Gasteiger partial charge in [-0.1, -0.05) is 32.9 Å². The fourth-order valence-electron chi connectivity index (χ4n) is 6.09. The zero-order valence-electron chi connectivity index (χ0n) is 27.0. The second kappa shape index (κ2) is 12.4. The van der Waals surface area contributed by atoms with Gasteiger partial charge in [0.15, 0.2) is 0 Å². The lowest BCUT2D eigenvalue weighted by Crippen LogP contribution is -2.50. The van der Waals surface area contributed by atoms with E-state index in [9.17, 15) is 19.9 Å². The Hall–Kier alpha value is -4.91. The van der Waals surface area contributed by atoms with E-state index in [4.69, 9.17) is 0 Å². The molecule has 0 aliphatic carbocycles. The number of benzene rings is 2. The van der Waals surface area contributed by atoms with E-state index in [2.05, 4.69) is 20.3 Å². The number of nitrogens with zero attached hydrogens (tertiary/aromatic N) is 6. The molecule has 0 radical (unpaired) electrons. The van der Waals surface area contributed by atoms with Crippen LogP contribution in [-0.2, 0) is 19.1 Å². The van der Waals surface area contributed by atoms with Crippen LogP contribution < -0.4 is 21.3 Å². The van der Waals surface area contributed by atoms with E-state index in [0.717, 1.165) is 15.9 Å². The molecule has 11 nitrogen and oxygen atoms in total. The van der Waals surface area contributed by atoms with Crippen LogP contribution in [0.25, 0.3) is 27.6 Å². The first-order valence-corrected chi connectivity index (χ1v) is 15.5. The lowest BCUT2D eigenvalue weighted by atomic mass is 9.86. The van der Waals surface area contributed by atoms with Crippen LogP contribution in [0.5, 0.6) is 0 Å². The maximum absolute atomic E-state index is 15.4. The molecule has 47 heavy (non-hydrogen) atoms. The van der Waals surface area contributed by atoms with Gasteiger partial charge in [0.05, 0.1) is 35.8 Å². The molecule has 1 aliphatic rings. The monoisotopic (exact) mass is 639 g/mol. The molecule has 3 N–H and O–H groups in total. The Balaban J connectivity index is 1.36. The third-order valence-electron chi connectivity index (χ3n) is 8.69. The van der Waals surface area contributed by atoms with Gasteiger partial charge in [-0.3, -0.25) is 9.59 Å². The Labute approximate surface area is 271 Å². The number of aliphatic hydroxyl groups excluding tert-OH is 1. The maximum Gasteiger partial charge on any atom is 0.282 e. The standard InChI is InChI=1S/C35H38FN7O4/c1-21-18-41(47)11-12-42(21)25-9-10-31(37-17-25)39-29-14-23(19-40(5)33(29)45)26-7-6-8-30(27(26)20-44)43-34(46)32-22(16-38-43)13-24(15-28(32)36)35(2,3)4/h6-10,13-17,19,21,44,47H,11-12,18,20H2,1-5H3,(H,37,39). The minimum Gasteiger partial charge on any atom is -0.392 e. The van der Waals surface area contributed by atoms with Crippen LogP contribution >= 0.6 is 0 Å². The van der Waals surface area contributed by atoms with Gasteiger partial charge in [0.2, 0.25) is 0 Å². The molecule has 2 aromatic carbocycles. The number of rotatable bonds is 6. The Kier molecular flexibility index (Phi) is 8.43. The first kappa shape index (κ1) is 32.0. The number of aliphatic hydroxyl groups is 1. The SMILES string of the molecule is CC1CN(O)CCN1c1ccc(Nc2cc(-c3cccc(-n4ncc5cc(C(C)(C)C)cc(F)c5c4=O)c3CO)cn(C)c2=O)nc1. The van der Waals surface area contributed by atoms with Crippen molar-refractivity contribution in [1.29, 1.82) is 0 Å². The fraction of sp³-hybridized carbons (Fsp3) is 0.314. The lowest BCUT2D eigenvalue weighted by molar-refractivity contribution is -0.101. The van der Waals surface area contributed by atoms with Crippen molar-refractivity contribution in [2.45, 2.75) is 45.8 Å². The summed E-state index contributed by atoms with van der Waals surface area (Å²) < 4.78 is 17.9. The highest BCUT2D eigenvalue weighted by atomic mass is 19.1. The van der Waals surface area contributed by atoms with Crippen molar-refractivity contribution in [2.24, 2.45) is 7.05 Å². The molecular weight excluding hydrogens is 601 g/mol. The summed E-state index contributed by atoms with van der Waals surface area (Å²) in [4.78, 5) is 33.5. The van der Waals surface area contributed by atoms with Crippen molar-refractivity contribution >= 4 is 28.0 Å². The van der Waals surface area contributed by atoms with E-state index in [0.29, 0.717) is 53.2 Å². The number of fused-ring (bicyclic) bond motifs is 1. The summed E-state index contributed by atoms with van der Waals surface area (Å²) in [5.41, 5.74) is 2.54. The van der Waals surface area contributed by atoms with E-state index >= 15 is 4.39 Å². The highest BCUT2D eigenvalue weighted by molar-refractivity contribution is 5.83. The molecule has 6 rings (SSSR count). The van der Waals surface area contributed by atoms with Crippen molar-refractivity contribution in [2.75, 3.05) is 29.9 Å². The van der Waals surface area contributed by atoms with Crippen molar-refractivity contribution in [3.05, 3.63) is 105 Å². The zero-order chi connectivity index (χ0) is 33.6. The molecule has 3 aromatic heterocycles. The molecule has 0 saturated carbocycles. The number of aryl methyl sites for hydroxylation is 1. The summed E-state index contributed by atoms with van der Waals surface area (Å²) in [6.45, 7) is 9.22. The minimum absolute atomic E-state index is 0.0838. The van der Waals surface area contributed by atoms with E-state index < -0.39 is 18.0 Å². The van der Waals surface area contributed by atoms with Crippen LogP contribution in [0, 0.1) is 5.82 Å². The second-order valence-corrected chi connectivity index (χ2v) is 13.0. The van der Waals surface area contributed by atoms with Crippen molar-refractivity contribution in [1.82, 2.24) is 24.4 Å². The largest absolute Gasteiger partial charge is 0.392 e. The number of piperazine rings is 1. The predicted octanol–water partition coefficient (Wildman–Crippen LogP) is 4.72. The molecular formula is C35H38FN7O4. The molecule has 5 aromatic rings. The minimum atomic E-state index is -0.641. The van der Waals surface area contributed by atoms with Crippen molar-refractivity contribution in [3.63, 3.8) is 0 Å². The molecule has 4 heterocycles. The van der Waals surface area contributed by atoms with Crippen LogP contribution in [0.2, 0.25) is 0 Å². The first-order chi connectivity index (χ1) is 22.3. The van der Waals surface area contributed by atoms with E-state index in [-0.39, 0.29) is 28.1 Å². The number of nitrogens with one attached hydrogen (secondary N) is 1. The summed E-state index contributed by atoms with van der Waals surface area (Å²) in [5, 5.41) is 29.5. The number of aromatic nitrogens is 4. The second-order valence-electron chi connectivity index (χ2n) is 13.0. The van der Waals surface area contributed by atoms with Crippen LogP contribution in [0.1, 0.15) is 38.8 Å². The van der Waals surface area contributed by atoms with Gasteiger partial charge in [0, 0.05) is 55.4 Å². The Morgan fingerprint density at radius 2 is 1.83 bits per heavy atom. The molecule has 1 saturated heterocycles. The van der Waals surface area contributed by atoms with E-state index in [1.54, 1.807) is 55.8 Å². The van der Waals surface area contributed by atoms with Gasteiger partial charge in [0.25, 0.3) is 11.1 Å². The Bertz CT molecular complexity index is 2090. The number of anilines is 3. The van der Waals surface area contributed by atoms with Gasteiger partial charge in [-0.25, -0.2) is 9.37 Å². The summed E-state index contributed by atoms with van der Waals surface area (Å²) >= 11 is 0. The van der Waals surface area contributed by atoms with Crippen molar-refractivity contribution in [3.8, 4) is 16.8 Å². The van der Waals surface area contributed by atoms with E-state index in [1.807, 2.05) is 33.8 Å². The number of hydrogen-bond acceptors (Lipinski definition) is 9. The van der Waals surface area contributed by atoms with E-state index in [1.165, 1.54) is 21.9 Å². The number of hydroxylamine groups is 2. The van der Waals surface area contributed by atoms with Gasteiger partial charge >= 0.3 is 0 Å². The van der Waals surface area contributed by atoms with Crippen LogP contribution in [0.4, 0.5) is 21.6 Å². The quantitative estimate of drug-likeness (QED) is 0.242. The zero-order valence-corrected chi connectivity index (χ0v) is 27.0. The average Bonchev–Trinajstić information content (AvgIpc) is 3.03. The highest BCUT2D eigenvalue weighted by Gasteiger charge is 2.24. The molecule has 1 fully saturated rings. The summed E-state index contributed by atoms with van der Waals surface area (Å²) in [7, 11) is 1.63. The van der Waals surface area contributed by atoms with Crippen LogP contribution in [0.15, 0.2) is 76.7 Å². The Morgan fingerprint density at radius 3 is 2.51 bits per heavy atom. The van der Waals surface area contributed by atoms with Gasteiger partial charge in [-0.15, -0.1) is 0 Å². The molecule has 1 atom stereocenters. The molecule has 0 amide bonds.